The van der Waals surface area contributed by atoms with Gasteiger partial charge < -0.3 is 5.32 Å². The molecule has 0 saturated heterocycles. The molecular formula is C14H21ClN2O2S. The van der Waals surface area contributed by atoms with E-state index in [9.17, 15) is 8.42 Å². The van der Waals surface area contributed by atoms with Crippen molar-refractivity contribution in [1.82, 2.24) is 9.62 Å². The van der Waals surface area contributed by atoms with Gasteiger partial charge in [0, 0.05) is 20.1 Å². The van der Waals surface area contributed by atoms with Crippen molar-refractivity contribution in [2.24, 2.45) is 5.92 Å². The third kappa shape index (κ3) is 3.73. The van der Waals surface area contributed by atoms with E-state index in [1.807, 2.05) is 13.0 Å². The molecule has 112 valence electrons. The predicted octanol–water partition coefficient (Wildman–Crippen LogP) is 2.48. The van der Waals surface area contributed by atoms with Crippen LogP contribution >= 0.6 is 11.6 Å². The normalized spacial score (nSPS) is 15.8. The van der Waals surface area contributed by atoms with Gasteiger partial charge >= 0.3 is 0 Å². The number of halogens is 1. The number of hydrogen-bond donors (Lipinski definition) is 1. The molecule has 0 radical (unpaired) electrons. The van der Waals surface area contributed by atoms with Crippen LogP contribution in [0.3, 0.4) is 0 Å². The smallest absolute Gasteiger partial charge is 0.244 e. The molecule has 0 amide bonds. The Morgan fingerprint density at radius 2 is 2.10 bits per heavy atom. The van der Waals surface area contributed by atoms with Crippen molar-refractivity contribution in [3.8, 4) is 0 Å². The molecule has 0 aromatic heterocycles. The summed E-state index contributed by atoms with van der Waals surface area (Å²) in [6.45, 7) is 4.07. The van der Waals surface area contributed by atoms with Crippen molar-refractivity contribution in [2.45, 2.75) is 31.2 Å². The predicted molar refractivity (Wildman–Crippen MR) is 81.4 cm³/mol. The van der Waals surface area contributed by atoms with Gasteiger partial charge in [-0.2, -0.15) is 0 Å². The van der Waals surface area contributed by atoms with Crippen molar-refractivity contribution in [1.29, 1.82) is 0 Å². The maximum atomic E-state index is 12.6. The van der Waals surface area contributed by atoms with Gasteiger partial charge in [-0.3, -0.25) is 0 Å². The molecule has 1 aliphatic carbocycles. The summed E-state index contributed by atoms with van der Waals surface area (Å²) in [5, 5.41) is 3.47. The van der Waals surface area contributed by atoms with E-state index >= 15 is 0 Å². The van der Waals surface area contributed by atoms with Gasteiger partial charge in [-0.25, -0.2) is 12.7 Å². The Balaban J connectivity index is 2.24. The minimum atomic E-state index is -3.50. The van der Waals surface area contributed by atoms with Crippen LogP contribution in [0.4, 0.5) is 0 Å². The zero-order valence-corrected chi connectivity index (χ0v) is 13.5. The van der Waals surface area contributed by atoms with E-state index in [1.54, 1.807) is 19.2 Å². The summed E-state index contributed by atoms with van der Waals surface area (Å²) in [4.78, 5) is 0.206. The van der Waals surface area contributed by atoms with Crippen LogP contribution in [0.2, 0.25) is 5.02 Å². The standard InChI is InChI=1S/C14H21ClN2O2S/c1-3-16-9-12-6-7-13(15)14(8-12)20(18,19)17(2)10-11-4-5-11/h6-8,11,16H,3-5,9-10H2,1-2H3. The highest BCUT2D eigenvalue weighted by molar-refractivity contribution is 7.89. The highest BCUT2D eigenvalue weighted by Gasteiger charge is 2.30. The van der Waals surface area contributed by atoms with E-state index in [1.165, 1.54) is 4.31 Å². The molecule has 0 aliphatic heterocycles. The second-order valence-corrected chi connectivity index (χ2v) is 7.69. The average molecular weight is 317 g/mol. The van der Waals surface area contributed by atoms with Crippen LogP contribution in [0, 0.1) is 5.92 Å². The maximum Gasteiger partial charge on any atom is 0.244 e. The fourth-order valence-electron chi connectivity index (χ4n) is 2.05. The number of nitrogens with one attached hydrogen (secondary N) is 1. The SMILES string of the molecule is CCNCc1ccc(Cl)c(S(=O)(=O)N(C)CC2CC2)c1. The van der Waals surface area contributed by atoms with Crippen LogP contribution in [0.15, 0.2) is 23.1 Å². The second kappa shape index (κ2) is 6.43. The lowest BCUT2D eigenvalue weighted by molar-refractivity contribution is 0.453. The fourth-order valence-corrected chi connectivity index (χ4v) is 3.82. The van der Waals surface area contributed by atoms with Crippen LogP contribution < -0.4 is 5.32 Å². The van der Waals surface area contributed by atoms with Crippen molar-refractivity contribution in [3.63, 3.8) is 0 Å². The lowest BCUT2D eigenvalue weighted by Gasteiger charge is -2.18. The Morgan fingerprint density at radius 1 is 1.40 bits per heavy atom. The van der Waals surface area contributed by atoms with Crippen LogP contribution in [0.1, 0.15) is 25.3 Å². The molecule has 0 heterocycles. The first-order chi connectivity index (χ1) is 9.45. The first kappa shape index (κ1) is 15.8. The highest BCUT2D eigenvalue weighted by Crippen LogP contribution is 2.32. The summed E-state index contributed by atoms with van der Waals surface area (Å²) in [5.74, 6) is 0.512. The van der Waals surface area contributed by atoms with Crippen LogP contribution in [-0.2, 0) is 16.6 Å². The first-order valence-electron chi connectivity index (χ1n) is 6.90. The summed E-state index contributed by atoms with van der Waals surface area (Å²) in [5.41, 5.74) is 0.926. The quantitative estimate of drug-likeness (QED) is 0.840. The van der Waals surface area contributed by atoms with Crippen molar-refractivity contribution in [2.75, 3.05) is 20.1 Å². The molecule has 1 aliphatic rings. The fraction of sp³-hybridized carbons (Fsp3) is 0.571. The topological polar surface area (TPSA) is 49.4 Å². The largest absolute Gasteiger partial charge is 0.313 e. The molecule has 1 fully saturated rings. The Morgan fingerprint density at radius 3 is 2.70 bits per heavy atom. The zero-order chi connectivity index (χ0) is 14.8. The lowest BCUT2D eigenvalue weighted by atomic mass is 10.2. The molecule has 1 aromatic carbocycles. The summed E-state index contributed by atoms with van der Waals surface area (Å²) in [6.07, 6.45) is 2.24. The maximum absolute atomic E-state index is 12.6. The van der Waals surface area contributed by atoms with Gasteiger partial charge in [-0.05, 0) is 43.0 Å². The monoisotopic (exact) mass is 316 g/mol. The number of nitrogens with zero attached hydrogens (tertiary/aromatic N) is 1. The summed E-state index contributed by atoms with van der Waals surface area (Å²) < 4.78 is 26.5. The van der Waals surface area contributed by atoms with E-state index < -0.39 is 10.0 Å². The van der Waals surface area contributed by atoms with Crippen molar-refractivity contribution in [3.05, 3.63) is 28.8 Å². The van der Waals surface area contributed by atoms with Gasteiger partial charge in [0.1, 0.15) is 4.90 Å². The molecule has 1 saturated carbocycles. The summed E-state index contributed by atoms with van der Waals surface area (Å²) in [7, 11) is -1.87. The van der Waals surface area contributed by atoms with E-state index in [4.69, 9.17) is 11.6 Å². The van der Waals surface area contributed by atoms with Gasteiger partial charge in [0.05, 0.1) is 5.02 Å². The van der Waals surface area contributed by atoms with Gasteiger partial charge in [0.15, 0.2) is 0 Å². The second-order valence-electron chi connectivity index (χ2n) is 5.27. The number of sulfonamides is 1. The van der Waals surface area contributed by atoms with Crippen molar-refractivity contribution >= 4 is 21.6 Å². The first-order valence-corrected chi connectivity index (χ1v) is 8.72. The molecular weight excluding hydrogens is 296 g/mol. The summed E-state index contributed by atoms with van der Waals surface area (Å²) in [6, 6.07) is 5.18. The lowest BCUT2D eigenvalue weighted by Crippen LogP contribution is -2.29. The average Bonchev–Trinajstić information content (AvgIpc) is 3.21. The number of benzene rings is 1. The van der Waals surface area contributed by atoms with E-state index in [2.05, 4.69) is 5.32 Å². The Bertz CT molecular complexity index is 571. The minimum absolute atomic E-state index is 0.206. The van der Waals surface area contributed by atoms with Crippen molar-refractivity contribution < 1.29 is 8.42 Å². The van der Waals surface area contributed by atoms with Gasteiger partial charge in [-0.15, -0.1) is 0 Å². The van der Waals surface area contributed by atoms with Gasteiger partial charge in [-0.1, -0.05) is 24.6 Å². The third-order valence-electron chi connectivity index (χ3n) is 3.48. The third-order valence-corrected chi connectivity index (χ3v) is 5.78. The van der Waals surface area contributed by atoms with Crippen LogP contribution in [0.5, 0.6) is 0 Å². The molecule has 6 heteroatoms. The van der Waals surface area contributed by atoms with E-state index in [0.717, 1.165) is 24.9 Å². The molecule has 1 N–H and O–H groups in total. The highest BCUT2D eigenvalue weighted by atomic mass is 35.5. The number of rotatable bonds is 7. The van der Waals surface area contributed by atoms with E-state index in [0.29, 0.717) is 19.0 Å². The molecule has 0 unspecified atom stereocenters. The molecule has 4 nitrogen and oxygen atoms in total. The van der Waals surface area contributed by atoms with Gasteiger partial charge in [0.2, 0.25) is 10.0 Å². The number of hydrogen-bond acceptors (Lipinski definition) is 3. The molecule has 0 spiro atoms. The molecule has 0 atom stereocenters. The van der Waals surface area contributed by atoms with E-state index in [-0.39, 0.29) is 9.92 Å². The molecule has 20 heavy (non-hydrogen) atoms. The van der Waals surface area contributed by atoms with Crippen LogP contribution in [-0.4, -0.2) is 32.9 Å². The molecule has 0 bridgehead atoms. The minimum Gasteiger partial charge on any atom is -0.313 e. The Labute approximate surface area is 126 Å². The van der Waals surface area contributed by atoms with Gasteiger partial charge in [0.25, 0.3) is 0 Å². The Hall–Kier alpha value is -0.620. The summed E-state index contributed by atoms with van der Waals surface area (Å²) >= 11 is 6.08. The molecule has 1 aromatic rings. The van der Waals surface area contributed by atoms with Crippen LogP contribution in [0.25, 0.3) is 0 Å². The Kier molecular flexibility index (Phi) is 5.07. The zero-order valence-electron chi connectivity index (χ0n) is 11.9. The molecule has 2 rings (SSSR count).